The Bertz CT molecular complexity index is 1080. The van der Waals surface area contributed by atoms with Crippen molar-refractivity contribution in [2.45, 2.75) is 45.4 Å². The molecule has 4 rings (SSSR count). The molecule has 1 aliphatic carbocycles. The van der Waals surface area contributed by atoms with E-state index < -0.39 is 12.1 Å². The van der Waals surface area contributed by atoms with E-state index in [1.54, 1.807) is 24.5 Å². The number of nitrogens with zero attached hydrogens (tertiary/aromatic N) is 1. The van der Waals surface area contributed by atoms with Crippen LogP contribution in [-0.4, -0.2) is 22.5 Å². The number of amides is 1. The second-order valence-corrected chi connectivity index (χ2v) is 7.84. The van der Waals surface area contributed by atoms with Crippen LogP contribution in [0, 0.1) is 13.8 Å². The highest BCUT2D eigenvalue weighted by Gasteiger charge is 2.30. The Kier molecular flexibility index (Phi) is 6.07. The van der Waals surface area contributed by atoms with Crippen molar-refractivity contribution in [3.05, 3.63) is 89.1 Å². The number of esters is 1. The van der Waals surface area contributed by atoms with Crippen molar-refractivity contribution in [2.75, 3.05) is 0 Å². The molecule has 0 aliphatic heterocycles. The Hall–Kier alpha value is -3.54. The first-order valence-corrected chi connectivity index (χ1v) is 10.4. The van der Waals surface area contributed by atoms with Gasteiger partial charge in [-0.1, -0.05) is 30.3 Å². The van der Waals surface area contributed by atoms with E-state index in [1.807, 2.05) is 50.2 Å². The summed E-state index contributed by atoms with van der Waals surface area (Å²) in [6, 6.07) is 15.1. The predicted octanol–water partition coefficient (Wildman–Crippen LogP) is 4.32. The average Bonchev–Trinajstić information content (AvgIpc) is 3.35. The summed E-state index contributed by atoms with van der Waals surface area (Å²) in [6.45, 7) is 4.64. The van der Waals surface area contributed by atoms with Gasteiger partial charge in [-0.15, -0.1) is 0 Å². The fourth-order valence-corrected chi connectivity index (χ4v) is 3.52. The quantitative estimate of drug-likeness (QED) is 0.437. The van der Waals surface area contributed by atoms with Crippen molar-refractivity contribution in [1.82, 2.24) is 9.88 Å². The van der Waals surface area contributed by atoms with Gasteiger partial charge in [0.1, 0.15) is 5.76 Å². The third-order valence-electron chi connectivity index (χ3n) is 5.40. The summed E-state index contributed by atoms with van der Waals surface area (Å²) in [6.07, 6.45) is 5.72. The lowest BCUT2D eigenvalue weighted by atomic mass is 10.1. The normalized spacial score (nSPS) is 14.5. The minimum atomic E-state index is -0.967. The number of rotatable bonds is 8. The third-order valence-corrected chi connectivity index (χ3v) is 5.40. The first kappa shape index (κ1) is 20.7. The minimum Gasteiger partial charge on any atom is -0.467 e. The Morgan fingerprint density at radius 1 is 1.19 bits per heavy atom. The molecule has 1 aliphatic rings. The molecule has 3 aromatic rings. The fourth-order valence-electron chi connectivity index (χ4n) is 3.52. The van der Waals surface area contributed by atoms with Crippen LogP contribution in [0.25, 0.3) is 6.08 Å². The molecule has 1 amide bonds. The molecule has 1 saturated carbocycles. The lowest BCUT2D eigenvalue weighted by Gasteiger charge is -2.17. The molecule has 0 spiro atoms. The molecule has 1 fully saturated rings. The molecule has 6 heteroatoms. The topological polar surface area (TPSA) is 73.5 Å². The number of ether oxygens (including phenoxy) is 1. The van der Waals surface area contributed by atoms with Crippen LogP contribution >= 0.6 is 0 Å². The molecular weight excluding hydrogens is 392 g/mol. The van der Waals surface area contributed by atoms with E-state index in [2.05, 4.69) is 9.88 Å². The van der Waals surface area contributed by atoms with Crippen LogP contribution < -0.4 is 5.32 Å². The summed E-state index contributed by atoms with van der Waals surface area (Å²) in [5.74, 6) is 0.0202. The zero-order chi connectivity index (χ0) is 21.8. The van der Waals surface area contributed by atoms with Gasteiger partial charge in [0.2, 0.25) is 6.10 Å². The molecule has 2 heterocycles. The summed E-state index contributed by atoms with van der Waals surface area (Å²) < 4.78 is 13.1. The first-order chi connectivity index (χ1) is 15.0. The second-order valence-electron chi connectivity index (χ2n) is 7.84. The SMILES string of the molecule is Cc1cc(/C=C/C(=O)O[C@H](C(=O)NC2CC2)c2ccccc2)c(C)n1Cc1ccco1. The van der Waals surface area contributed by atoms with E-state index in [9.17, 15) is 9.59 Å². The average molecular weight is 418 g/mol. The van der Waals surface area contributed by atoms with Gasteiger partial charge in [-0.05, 0) is 56.5 Å². The molecule has 1 N–H and O–H groups in total. The summed E-state index contributed by atoms with van der Waals surface area (Å²) in [4.78, 5) is 25.2. The van der Waals surface area contributed by atoms with Crippen molar-refractivity contribution in [1.29, 1.82) is 0 Å². The monoisotopic (exact) mass is 418 g/mol. The largest absolute Gasteiger partial charge is 0.467 e. The molecule has 160 valence electrons. The highest BCUT2D eigenvalue weighted by atomic mass is 16.5. The van der Waals surface area contributed by atoms with Crippen LogP contribution in [0.1, 0.15) is 47.2 Å². The fraction of sp³-hybridized carbons (Fsp3) is 0.280. The maximum Gasteiger partial charge on any atom is 0.331 e. The zero-order valence-corrected chi connectivity index (χ0v) is 17.7. The standard InChI is InChI=1S/C25H26N2O4/c1-17-15-20(18(2)27(17)16-22-9-6-14-30-22)10-13-23(28)31-24(19-7-4-3-5-8-19)25(29)26-21-11-12-21/h3-10,13-15,21,24H,11-12,16H2,1-2H3,(H,26,29)/b13-10+/t24-/m0/s1. The van der Waals surface area contributed by atoms with Crippen molar-refractivity contribution in [3.63, 3.8) is 0 Å². The van der Waals surface area contributed by atoms with Gasteiger partial charge in [-0.25, -0.2) is 4.79 Å². The van der Waals surface area contributed by atoms with Gasteiger partial charge in [0.25, 0.3) is 5.91 Å². The van der Waals surface area contributed by atoms with Crippen LogP contribution in [0.2, 0.25) is 0 Å². The van der Waals surface area contributed by atoms with E-state index >= 15 is 0 Å². The molecule has 1 atom stereocenters. The summed E-state index contributed by atoms with van der Waals surface area (Å²) in [5, 5.41) is 2.92. The van der Waals surface area contributed by atoms with Gasteiger partial charge < -0.3 is 19.0 Å². The number of hydrogen-bond acceptors (Lipinski definition) is 4. The smallest absolute Gasteiger partial charge is 0.331 e. The van der Waals surface area contributed by atoms with Gasteiger partial charge in [0.15, 0.2) is 0 Å². The van der Waals surface area contributed by atoms with Crippen LogP contribution in [0.15, 0.2) is 65.3 Å². The number of carbonyl (C=O) groups is 2. The number of furan rings is 1. The van der Waals surface area contributed by atoms with Crippen molar-refractivity contribution in [2.24, 2.45) is 0 Å². The maximum atomic E-state index is 12.6. The molecule has 1 aromatic carbocycles. The number of hydrogen-bond donors (Lipinski definition) is 1. The van der Waals surface area contributed by atoms with Gasteiger partial charge in [-0.3, -0.25) is 4.79 Å². The van der Waals surface area contributed by atoms with Gasteiger partial charge in [0.05, 0.1) is 12.8 Å². The lowest BCUT2D eigenvalue weighted by molar-refractivity contribution is -0.151. The number of carbonyl (C=O) groups excluding carboxylic acids is 2. The molecule has 0 saturated heterocycles. The van der Waals surface area contributed by atoms with E-state index in [4.69, 9.17) is 9.15 Å². The molecule has 2 aromatic heterocycles. The van der Waals surface area contributed by atoms with Gasteiger partial charge in [0, 0.05) is 29.1 Å². The van der Waals surface area contributed by atoms with E-state index in [0.717, 1.165) is 35.6 Å². The van der Waals surface area contributed by atoms with Gasteiger partial charge >= 0.3 is 5.97 Å². The third kappa shape index (κ3) is 5.15. The Morgan fingerprint density at radius 2 is 1.97 bits per heavy atom. The molecule has 0 radical (unpaired) electrons. The number of benzene rings is 1. The highest BCUT2D eigenvalue weighted by Crippen LogP contribution is 2.24. The number of aromatic nitrogens is 1. The van der Waals surface area contributed by atoms with E-state index in [-0.39, 0.29) is 11.9 Å². The first-order valence-electron chi connectivity index (χ1n) is 10.4. The van der Waals surface area contributed by atoms with Gasteiger partial charge in [-0.2, -0.15) is 0 Å². The summed E-state index contributed by atoms with van der Waals surface area (Å²) >= 11 is 0. The Balaban J connectivity index is 1.47. The zero-order valence-electron chi connectivity index (χ0n) is 17.7. The maximum absolute atomic E-state index is 12.6. The Labute approximate surface area is 181 Å². The second kappa shape index (κ2) is 9.08. The van der Waals surface area contributed by atoms with Crippen LogP contribution in [0.3, 0.4) is 0 Å². The molecule has 6 nitrogen and oxygen atoms in total. The van der Waals surface area contributed by atoms with E-state index in [0.29, 0.717) is 12.1 Å². The molecule has 31 heavy (non-hydrogen) atoms. The van der Waals surface area contributed by atoms with Crippen LogP contribution in [-0.2, 0) is 20.9 Å². The van der Waals surface area contributed by atoms with Crippen molar-refractivity contribution >= 4 is 18.0 Å². The lowest BCUT2D eigenvalue weighted by Crippen LogP contribution is -2.33. The molecular formula is C25H26N2O4. The Morgan fingerprint density at radius 3 is 2.65 bits per heavy atom. The molecule has 0 bridgehead atoms. The van der Waals surface area contributed by atoms with Crippen molar-refractivity contribution < 1.29 is 18.7 Å². The van der Waals surface area contributed by atoms with Crippen LogP contribution in [0.4, 0.5) is 0 Å². The summed E-state index contributed by atoms with van der Waals surface area (Å²) in [7, 11) is 0. The highest BCUT2D eigenvalue weighted by molar-refractivity contribution is 5.91. The number of aryl methyl sites for hydroxylation is 1. The molecule has 0 unspecified atom stereocenters. The van der Waals surface area contributed by atoms with Crippen molar-refractivity contribution in [3.8, 4) is 0 Å². The van der Waals surface area contributed by atoms with Crippen LogP contribution in [0.5, 0.6) is 0 Å². The predicted molar refractivity (Wildman–Crippen MR) is 117 cm³/mol. The number of nitrogens with one attached hydrogen (secondary N) is 1. The minimum absolute atomic E-state index is 0.188. The summed E-state index contributed by atoms with van der Waals surface area (Å²) in [5.41, 5.74) is 3.65. The van der Waals surface area contributed by atoms with E-state index in [1.165, 1.54) is 6.08 Å².